The zero-order chi connectivity index (χ0) is 26.2. The molecule has 2 aromatic carbocycles. The Morgan fingerprint density at radius 3 is 2.54 bits per heavy atom. The third-order valence-electron chi connectivity index (χ3n) is 6.23. The molecule has 198 valence electrons. The van der Waals surface area contributed by atoms with Crippen molar-refractivity contribution in [3.05, 3.63) is 53.6 Å². The zero-order valence-corrected chi connectivity index (χ0v) is 21.8. The predicted molar refractivity (Wildman–Crippen MR) is 143 cm³/mol. The molecule has 0 spiro atoms. The maximum atomic E-state index is 12.5. The number of hydrogen-bond donors (Lipinski definition) is 2. The lowest BCUT2D eigenvalue weighted by molar-refractivity contribution is 0.0695. The maximum Gasteiger partial charge on any atom is 0.411 e. The normalized spacial score (nSPS) is 16.8. The highest BCUT2D eigenvalue weighted by Gasteiger charge is 2.23. The molecule has 0 saturated carbocycles. The number of nitrogens with one attached hydrogen (secondary N) is 1. The summed E-state index contributed by atoms with van der Waals surface area (Å²) in [5.41, 5.74) is 3.10. The van der Waals surface area contributed by atoms with E-state index in [2.05, 4.69) is 15.3 Å². The van der Waals surface area contributed by atoms with Crippen molar-refractivity contribution in [3.63, 3.8) is 0 Å². The van der Waals surface area contributed by atoms with Gasteiger partial charge in [0, 0.05) is 36.6 Å². The number of hydrogen-bond acceptors (Lipinski definition) is 9. The molecule has 2 N–H and O–H groups in total. The molecule has 10 nitrogen and oxygen atoms in total. The van der Waals surface area contributed by atoms with Crippen LogP contribution in [-0.2, 0) is 11.3 Å². The van der Waals surface area contributed by atoms with E-state index >= 15 is 0 Å². The Morgan fingerprint density at radius 1 is 1.11 bits per heavy atom. The molecule has 0 unspecified atom stereocenters. The van der Waals surface area contributed by atoms with E-state index in [1.54, 1.807) is 26.4 Å². The van der Waals surface area contributed by atoms with Gasteiger partial charge in [0.25, 0.3) is 0 Å². The van der Waals surface area contributed by atoms with Crippen LogP contribution in [0, 0.1) is 0 Å². The van der Waals surface area contributed by atoms with Crippen molar-refractivity contribution in [1.29, 1.82) is 0 Å². The SMILES string of the molecule is COc1ccc(C2=NN(Cc3ccc(NC(=O)OCCN4CCC(O)CC4)cc3)C(=O)SC2)cc1OC. The number of thioether (sulfide) groups is 1. The average Bonchev–Trinajstić information content (AvgIpc) is 2.91. The molecule has 37 heavy (non-hydrogen) atoms. The Labute approximate surface area is 220 Å². The van der Waals surface area contributed by atoms with Gasteiger partial charge in [-0.2, -0.15) is 5.10 Å². The number of carbonyl (C=O) groups is 2. The number of methoxy groups -OCH3 is 2. The van der Waals surface area contributed by atoms with Gasteiger partial charge in [-0.25, -0.2) is 9.80 Å². The van der Waals surface area contributed by atoms with E-state index in [0.29, 0.717) is 36.0 Å². The van der Waals surface area contributed by atoms with Crippen molar-refractivity contribution in [1.82, 2.24) is 9.91 Å². The summed E-state index contributed by atoms with van der Waals surface area (Å²) in [4.78, 5) is 26.8. The lowest BCUT2D eigenvalue weighted by Crippen LogP contribution is -2.38. The minimum Gasteiger partial charge on any atom is -0.493 e. The van der Waals surface area contributed by atoms with E-state index in [1.165, 1.54) is 16.8 Å². The first-order valence-corrected chi connectivity index (χ1v) is 13.1. The van der Waals surface area contributed by atoms with Gasteiger partial charge < -0.3 is 19.3 Å². The van der Waals surface area contributed by atoms with Crippen molar-refractivity contribution in [2.45, 2.75) is 25.5 Å². The van der Waals surface area contributed by atoms with Gasteiger partial charge in [-0.1, -0.05) is 23.9 Å². The third-order valence-corrected chi connectivity index (χ3v) is 7.11. The summed E-state index contributed by atoms with van der Waals surface area (Å²) in [5.74, 6) is 1.70. The molecular formula is C26H32N4O6S. The number of anilines is 1. The number of aliphatic hydroxyl groups is 1. The largest absolute Gasteiger partial charge is 0.493 e. The van der Waals surface area contributed by atoms with E-state index in [4.69, 9.17) is 14.2 Å². The molecule has 11 heteroatoms. The van der Waals surface area contributed by atoms with Crippen molar-refractivity contribution in [2.75, 3.05) is 51.5 Å². The first kappa shape index (κ1) is 26.8. The number of amides is 2. The van der Waals surface area contributed by atoms with Crippen LogP contribution in [0.2, 0.25) is 0 Å². The Kier molecular flexibility index (Phi) is 9.26. The van der Waals surface area contributed by atoms with E-state index in [-0.39, 0.29) is 18.0 Å². The molecule has 2 aliphatic rings. The van der Waals surface area contributed by atoms with Gasteiger partial charge in [0.15, 0.2) is 11.5 Å². The molecular weight excluding hydrogens is 496 g/mol. The van der Waals surface area contributed by atoms with Crippen molar-refractivity contribution >= 4 is 34.5 Å². The van der Waals surface area contributed by atoms with Gasteiger partial charge in [-0.15, -0.1) is 0 Å². The summed E-state index contributed by atoms with van der Waals surface area (Å²) in [6, 6.07) is 12.8. The molecule has 0 atom stereocenters. The van der Waals surface area contributed by atoms with Crippen molar-refractivity contribution < 1.29 is 28.9 Å². The van der Waals surface area contributed by atoms with Gasteiger partial charge in [-0.3, -0.25) is 15.0 Å². The van der Waals surface area contributed by atoms with Crippen LogP contribution >= 0.6 is 11.8 Å². The number of ether oxygens (including phenoxy) is 3. The summed E-state index contributed by atoms with van der Waals surface area (Å²) in [5, 5.41) is 18.2. The van der Waals surface area contributed by atoms with E-state index in [9.17, 15) is 14.7 Å². The molecule has 1 fully saturated rings. The van der Waals surface area contributed by atoms with E-state index < -0.39 is 6.09 Å². The number of likely N-dealkylation sites (tertiary alicyclic amines) is 1. The van der Waals surface area contributed by atoms with Crippen molar-refractivity contribution in [3.8, 4) is 11.5 Å². The Hall–Kier alpha value is -3.28. The molecule has 0 bridgehead atoms. The van der Waals surface area contributed by atoms with Crippen LogP contribution in [0.1, 0.15) is 24.0 Å². The summed E-state index contributed by atoms with van der Waals surface area (Å²) in [6.07, 6.45) is 0.768. The lowest BCUT2D eigenvalue weighted by Gasteiger charge is -2.29. The fourth-order valence-corrected chi connectivity index (χ4v) is 4.85. The summed E-state index contributed by atoms with van der Waals surface area (Å²) in [7, 11) is 3.16. The number of rotatable bonds is 9. The Bertz CT molecular complexity index is 1120. The molecule has 4 rings (SSSR count). The summed E-state index contributed by atoms with van der Waals surface area (Å²) in [6.45, 7) is 2.86. The van der Waals surface area contributed by atoms with Crippen LogP contribution < -0.4 is 14.8 Å². The zero-order valence-electron chi connectivity index (χ0n) is 21.0. The minimum absolute atomic E-state index is 0.127. The highest BCUT2D eigenvalue weighted by Crippen LogP contribution is 2.30. The first-order chi connectivity index (χ1) is 17.9. The van der Waals surface area contributed by atoms with Crippen LogP contribution in [0.5, 0.6) is 11.5 Å². The molecule has 0 aromatic heterocycles. The second-order valence-corrected chi connectivity index (χ2v) is 9.69. The predicted octanol–water partition coefficient (Wildman–Crippen LogP) is 3.78. The molecule has 0 radical (unpaired) electrons. The summed E-state index contributed by atoms with van der Waals surface area (Å²) < 4.78 is 16.0. The first-order valence-electron chi connectivity index (χ1n) is 12.1. The molecule has 0 aliphatic carbocycles. The second kappa shape index (κ2) is 12.8. The summed E-state index contributed by atoms with van der Waals surface area (Å²) >= 11 is 1.20. The molecule has 2 amide bonds. The van der Waals surface area contributed by atoms with E-state index in [1.807, 2.05) is 30.3 Å². The number of aliphatic hydroxyl groups excluding tert-OH is 1. The number of benzene rings is 2. The van der Waals surface area contributed by atoms with Crippen LogP contribution in [0.3, 0.4) is 0 Å². The maximum absolute atomic E-state index is 12.5. The van der Waals surface area contributed by atoms with Gasteiger partial charge in [0.05, 0.1) is 32.6 Å². The Morgan fingerprint density at radius 2 is 1.84 bits per heavy atom. The molecule has 2 heterocycles. The van der Waals surface area contributed by atoms with Gasteiger partial charge in [0.1, 0.15) is 6.61 Å². The minimum atomic E-state index is -0.517. The quantitative estimate of drug-likeness (QED) is 0.506. The van der Waals surface area contributed by atoms with Crippen molar-refractivity contribution in [2.24, 2.45) is 5.10 Å². The third kappa shape index (κ3) is 7.37. The molecule has 1 saturated heterocycles. The fraction of sp³-hybridized carbons (Fsp3) is 0.423. The van der Waals surface area contributed by atoms with E-state index in [0.717, 1.165) is 42.8 Å². The molecule has 2 aromatic rings. The number of nitrogens with zero attached hydrogens (tertiary/aromatic N) is 3. The van der Waals surface area contributed by atoms with Crippen LogP contribution in [0.15, 0.2) is 47.6 Å². The average molecular weight is 529 g/mol. The van der Waals surface area contributed by atoms with Crippen LogP contribution in [0.4, 0.5) is 15.3 Å². The number of carbonyl (C=O) groups excluding carboxylic acids is 2. The van der Waals surface area contributed by atoms with Crippen LogP contribution in [-0.4, -0.2) is 84.4 Å². The van der Waals surface area contributed by atoms with Gasteiger partial charge in [-0.05, 0) is 48.7 Å². The monoisotopic (exact) mass is 528 g/mol. The number of hydrazone groups is 1. The highest BCUT2D eigenvalue weighted by molar-refractivity contribution is 8.14. The smallest absolute Gasteiger partial charge is 0.411 e. The topological polar surface area (TPSA) is 113 Å². The fourth-order valence-electron chi connectivity index (χ4n) is 4.11. The van der Waals surface area contributed by atoms with Crippen LogP contribution in [0.25, 0.3) is 0 Å². The highest BCUT2D eigenvalue weighted by atomic mass is 32.2. The van der Waals surface area contributed by atoms with Gasteiger partial charge in [0.2, 0.25) is 0 Å². The standard InChI is InChI=1S/C26H32N4O6S/c1-34-23-8-5-19(15-24(23)35-2)22-17-37-26(33)30(28-22)16-18-3-6-20(7-4-18)27-25(32)36-14-13-29-11-9-21(31)10-12-29/h3-8,15,21,31H,9-14,16-17H2,1-2H3,(H,27,32). The number of piperidine rings is 1. The van der Waals surface area contributed by atoms with Gasteiger partial charge >= 0.3 is 11.3 Å². The second-order valence-electron chi connectivity index (χ2n) is 8.76. The molecule has 2 aliphatic heterocycles. The Balaban J connectivity index is 1.30. The lowest BCUT2D eigenvalue weighted by atomic mass is 10.1.